The summed E-state index contributed by atoms with van der Waals surface area (Å²) in [6.07, 6.45) is 3.60. The van der Waals surface area contributed by atoms with Gasteiger partial charge in [-0.2, -0.15) is 0 Å². The van der Waals surface area contributed by atoms with Gasteiger partial charge in [0.25, 0.3) is 0 Å². The normalized spacial score (nSPS) is 14.7. The molecule has 0 spiro atoms. The maximum Gasteiger partial charge on any atom is 0.247 e. The van der Waals surface area contributed by atoms with Gasteiger partial charge in [-0.3, -0.25) is 9.89 Å². The minimum atomic E-state index is -0.277. The number of rotatable bonds is 7. The van der Waals surface area contributed by atoms with Crippen LogP contribution in [0.15, 0.2) is 65.7 Å². The van der Waals surface area contributed by atoms with Crippen LogP contribution in [0, 0.1) is 0 Å². The van der Waals surface area contributed by atoms with E-state index in [-0.39, 0.29) is 5.91 Å². The van der Waals surface area contributed by atoms with Gasteiger partial charge in [0.05, 0.1) is 5.69 Å². The van der Waals surface area contributed by atoms with Gasteiger partial charge in [-0.05, 0) is 90.7 Å². The predicted octanol–water partition coefficient (Wildman–Crippen LogP) is 5.64. The number of piperidine rings is 1. The average molecular weight is 496 g/mol. The molecule has 8 heteroatoms. The summed E-state index contributed by atoms with van der Waals surface area (Å²) in [6, 6.07) is 15.4. The number of H-pyrrole nitrogens is 1. The molecule has 0 saturated carbocycles. The molecule has 2 aromatic carbocycles. The number of carbonyl (C=O) groups excluding carboxylic acids is 1. The Balaban J connectivity index is 1.39. The molecular weight excluding hydrogens is 470 g/mol. The lowest BCUT2D eigenvalue weighted by Crippen LogP contribution is -2.29. The van der Waals surface area contributed by atoms with Crippen LogP contribution in [0.4, 0.5) is 17.2 Å². The molecular formula is C24H26BrN5O2. The number of nitrogens with zero attached hydrogens (tertiary/aromatic N) is 2. The fourth-order valence-corrected chi connectivity index (χ4v) is 4.24. The van der Waals surface area contributed by atoms with Gasteiger partial charge in [-0.25, -0.2) is 0 Å². The van der Waals surface area contributed by atoms with Crippen LogP contribution in [0.5, 0.6) is 11.6 Å². The van der Waals surface area contributed by atoms with Crippen molar-refractivity contribution in [3.8, 4) is 11.6 Å². The van der Waals surface area contributed by atoms with Gasteiger partial charge in [-0.1, -0.05) is 18.7 Å². The smallest absolute Gasteiger partial charge is 0.247 e. The molecule has 0 bridgehead atoms. The number of halogens is 1. The van der Waals surface area contributed by atoms with Crippen LogP contribution < -0.4 is 15.4 Å². The van der Waals surface area contributed by atoms with Crippen molar-refractivity contribution < 1.29 is 9.53 Å². The molecule has 1 aliphatic heterocycles. The first-order valence-corrected chi connectivity index (χ1v) is 11.3. The van der Waals surface area contributed by atoms with E-state index in [1.807, 2.05) is 0 Å². The lowest BCUT2D eigenvalue weighted by Gasteiger charge is -2.29. The number of benzene rings is 2. The Labute approximate surface area is 196 Å². The molecule has 1 amide bonds. The van der Waals surface area contributed by atoms with Crippen molar-refractivity contribution in [2.24, 2.45) is 0 Å². The van der Waals surface area contributed by atoms with Crippen molar-refractivity contribution in [2.45, 2.75) is 18.8 Å². The van der Waals surface area contributed by atoms with Gasteiger partial charge < -0.3 is 20.3 Å². The zero-order valence-electron chi connectivity index (χ0n) is 17.9. The number of nitrogens with one attached hydrogen (secondary N) is 3. The molecule has 0 unspecified atom stereocenters. The van der Waals surface area contributed by atoms with Crippen LogP contribution in [-0.2, 0) is 4.79 Å². The number of likely N-dealkylation sites (tertiary alicyclic amines) is 1. The van der Waals surface area contributed by atoms with Crippen LogP contribution in [0.25, 0.3) is 0 Å². The highest BCUT2D eigenvalue weighted by Gasteiger charge is 2.19. The summed E-state index contributed by atoms with van der Waals surface area (Å²) < 4.78 is 6.83. The van der Waals surface area contributed by atoms with E-state index >= 15 is 0 Å². The van der Waals surface area contributed by atoms with E-state index in [4.69, 9.17) is 4.74 Å². The molecule has 0 atom stereocenters. The molecule has 2 heterocycles. The minimum Gasteiger partial charge on any atom is -0.437 e. The second-order valence-electron chi connectivity index (χ2n) is 7.88. The van der Waals surface area contributed by atoms with Gasteiger partial charge in [0.2, 0.25) is 11.8 Å². The molecule has 166 valence electrons. The highest BCUT2D eigenvalue weighted by molar-refractivity contribution is 9.10. The Morgan fingerprint density at radius 3 is 2.81 bits per heavy atom. The molecule has 4 rings (SSSR count). The highest BCUT2D eigenvalue weighted by atomic mass is 79.9. The summed E-state index contributed by atoms with van der Waals surface area (Å²) in [5.41, 5.74) is 2.94. The maximum atomic E-state index is 11.5. The zero-order valence-corrected chi connectivity index (χ0v) is 19.5. The van der Waals surface area contributed by atoms with Crippen molar-refractivity contribution in [1.82, 2.24) is 15.1 Å². The molecule has 1 fully saturated rings. The molecule has 32 heavy (non-hydrogen) atoms. The first-order valence-electron chi connectivity index (χ1n) is 10.5. The second-order valence-corrected chi connectivity index (χ2v) is 8.74. The van der Waals surface area contributed by atoms with E-state index in [0.717, 1.165) is 23.2 Å². The Hall–Kier alpha value is -3.10. The number of anilines is 3. The lowest BCUT2D eigenvalue weighted by atomic mass is 9.89. The second kappa shape index (κ2) is 10.0. The molecule has 1 aliphatic rings. The standard InChI is InChI=1S/C24H26BrN5O2/c1-3-23(31)26-18-5-4-6-19(14-18)32-24-15-22(28-29-24)27-21-8-7-17(13-20(21)25)16-9-11-30(2)12-10-16/h3-8,13-16H,1,9-12H2,2H3,(H,26,31)(H2,27,28,29). The number of carbonyl (C=O) groups is 1. The van der Waals surface area contributed by atoms with Gasteiger partial charge >= 0.3 is 0 Å². The number of aromatic nitrogens is 2. The van der Waals surface area contributed by atoms with Crippen LogP contribution in [0.2, 0.25) is 0 Å². The minimum absolute atomic E-state index is 0.277. The van der Waals surface area contributed by atoms with Crippen molar-refractivity contribution >= 4 is 39.0 Å². The van der Waals surface area contributed by atoms with Crippen molar-refractivity contribution in [2.75, 3.05) is 30.8 Å². The number of amides is 1. The Morgan fingerprint density at radius 1 is 1.25 bits per heavy atom. The molecule has 0 aliphatic carbocycles. The highest BCUT2D eigenvalue weighted by Crippen LogP contribution is 2.34. The van der Waals surface area contributed by atoms with Crippen molar-refractivity contribution in [1.29, 1.82) is 0 Å². The van der Waals surface area contributed by atoms with Crippen LogP contribution in [-0.4, -0.2) is 41.1 Å². The molecule has 3 N–H and O–H groups in total. The number of ether oxygens (including phenoxy) is 1. The summed E-state index contributed by atoms with van der Waals surface area (Å²) in [6.45, 7) is 5.74. The lowest BCUT2D eigenvalue weighted by molar-refractivity contribution is -0.111. The van der Waals surface area contributed by atoms with E-state index in [2.05, 4.69) is 73.5 Å². The largest absolute Gasteiger partial charge is 0.437 e. The van der Waals surface area contributed by atoms with E-state index < -0.39 is 0 Å². The first-order chi connectivity index (χ1) is 15.5. The number of hydrogen-bond donors (Lipinski definition) is 3. The van der Waals surface area contributed by atoms with Crippen molar-refractivity contribution in [3.63, 3.8) is 0 Å². The molecule has 1 aromatic heterocycles. The van der Waals surface area contributed by atoms with E-state index in [9.17, 15) is 4.79 Å². The van der Waals surface area contributed by atoms with E-state index in [0.29, 0.717) is 29.1 Å². The van der Waals surface area contributed by atoms with Crippen molar-refractivity contribution in [3.05, 3.63) is 71.2 Å². The molecule has 3 aromatic rings. The van der Waals surface area contributed by atoms with E-state index in [1.54, 1.807) is 30.3 Å². The Bertz CT molecular complexity index is 1110. The Kier molecular flexibility index (Phi) is 6.92. The SMILES string of the molecule is C=CC(=O)Nc1cccc(Oc2cc(Nc3ccc(C4CCN(C)CC4)cc3Br)[nH]n2)c1. The van der Waals surface area contributed by atoms with Crippen LogP contribution in [0.3, 0.4) is 0 Å². The fourth-order valence-electron chi connectivity index (χ4n) is 3.74. The van der Waals surface area contributed by atoms with Gasteiger partial charge in [0.1, 0.15) is 11.6 Å². The van der Waals surface area contributed by atoms with E-state index in [1.165, 1.54) is 24.5 Å². The average Bonchev–Trinajstić information content (AvgIpc) is 3.22. The molecule has 1 saturated heterocycles. The number of hydrogen-bond acceptors (Lipinski definition) is 5. The van der Waals surface area contributed by atoms with Gasteiger partial charge in [0.15, 0.2) is 0 Å². The van der Waals surface area contributed by atoms with Crippen LogP contribution in [0.1, 0.15) is 24.3 Å². The predicted molar refractivity (Wildman–Crippen MR) is 131 cm³/mol. The van der Waals surface area contributed by atoms with Gasteiger partial charge in [0, 0.05) is 22.3 Å². The fraction of sp³-hybridized carbons (Fsp3) is 0.250. The third-order valence-electron chi connectivity index (χ3n) is 5.52. The third-order valence-corrected chi connectivity index (χ3v) is 6.17. The zero-order chi connectivity index (χ0) is 22.5. The topological polar surface area (TPSA) is 82.3 Å². The first kappa shape index (κ1) is 22.1. The molecule has 0 radical (unpaired) electrons. The maximum absolute atomic E-state index is 11.5. The number of aromatic amines is 1. The molecule has 7 nitrogen and oxygen atoms in total. The van der Waals surface area contributed by atoms with Crippen LogP contribution >= 0.6 is 15.9 Å². The summed E-state index contributed by atoms with van der Waals surface area (Å²) >= 11 is 3.70. The summed E-state index contributed by atoms with van der Waals surface area (Å²) in [4.78, 5) is 13.9. The summed E-state index contributed by atoms with van der Waals surface area (Å²) in [5.74, 6) is 2.02. The quantitative estimate of drug-likeness (QED) is 0.369. The Morgan fingerprint density at radius 2 is 2.06 bits per heavy atom. The van der Waals surface area contributed by atoms with Gasteiger partial charge in [-0.15, -0.1) is 5.10 Å². The third kappa shape index (κ3) is 5.57. The summed E-state index contributed by atoms with van der Waals surface area (Å²) in [7, 11) is 2.18. The monoisotopic (exact) mass is 495 g/mol. The summed E-state index contributed by atoms with van der Waals surface area (Å²) in [5, 5.41) is 13.2.